The fourth-order valence-corrected chi connectivity index (χ4v) is 2.91. The van der Waals surface area contributed by atoms with Crippen LogP contribution in [0.25, 0.3) is 0 Å². The average molecular weight is 263 g/mol. The van der Waals surface area contributed by atoms with Crippen molar-refractivity contribution in [2.45, 2.75) is 11.8 Å². The summed E-state index contributed by atoms with van der Waals surface area (Å²) in [5.74, 6) is -0.728. The van der Waals surface area contributed by atoms with Gasteiger partial charge in [0.2, 0.25) is 5.91 Å². The topological polar surface area (TPSA) is 70.2 Å². The molecule has 1 unspecified atom stereocenters. The lowest BCUT2D eigenvalue weighted by molar-refractivity contribution is -0.123. The maximum absolute atomic E-state index is 12.2. The summed E-state index contributed by atoms with van der Waals surface area (Å²) in [4.78, 5) is 22.9. The number of hydrogen-bond donors (Lipinski definition) is 3. The van der Waals surface area contributed by atoms with Crippen LogP contribution < -0.4 is 16.0 Å². The summed E-state index contributed by atoms with van der Waals surface area (Å²) < 4.78 is 12.2. The van der Waals surface area contributed by atoms with Gasteiger partial charge in [0.15, 0.2) is 6.67 Å². The minimum absolute atomic E-state index is 0.0807. The highest BCUT2D eigenvalue weighted by molar-refractivity contribution is 5.98. The van der Waals surface area contributed by atoms with E-state index in [0.717, 1.165) is 16.9 Å². The van der Waals surface area contributed by atoms with E-state index in [1.807, 2.05) is 18.2 Å². The number of anilines is 2. The Morgan fingerprint density at radius 3 is 3.00 bits per heavy atom. The van der Waals surface area contributed by atoms with Crippen molar-refractivity contribution in [1.82, 2.24) is 5.32 Å². The van der Waals surface area contributed by atoms with Crippen LogP contribution in [0, 0.1) is 0 Å². The van der Waals surface area contributed by atoms with Crippen LogP contribution in [0.2, 0.25) is 0 Å². The molecule has 19 heavy (non-hydrogen) atoms. The average Bonchev–Trinajstić information content (AvgIpc) is 2.77. The molecule has 3 rings (SSSR count). The van der Waals surface area contributed by atoms with E-state index >= 15 is 0 Å². The van der Waals surface area contributed by atoms with Crippen molar-refractivity contribution < 1.29 is 14.0 Å². The minimum atomic E-state index is -1.04. The molecule has 3 N–H and O–H groups in total. The molecular weight excluding hydrogens is 249 g/mol. The lowest BCUT2D eigenvalue weighted by atomic mass is 9.76. The summed E-state index contributed by atoms with van der Waals surface area (Å²) in [5.41, 5.74) is 2.27. The predicted molar refractivity (Wildman–Crippen MR) is 68.8 cm³/mol. The number of halogens is 1. The Labute approximate surface area is 109 Å². The quantitative estimate of drug-likeness (QED) is 0.754. The van der Waals surface area contributed by atoms with Gasteiger partial charge in [-0.3, -0.25) is 9.59 Å². The van der Waals surface area contributed by atoms with Crippen LogP contribution >= 0.6 is 0 Å². The molecule has 1 atom stereocenters. The second-order valence-corrected chi connectivity index (χ2v) is 5.00. The number of carbonyl (C=O) groups excluding carboxylic acids is 2. The number of rotatable bonds is 3. The van der Waals surface area contributed by atoms with Crippen LogP contribution in [0.3, 0.4) is 0 Å². The van der Waals surface area contributed by atoms with E-state index in [0.29, 0.717) is 6.54 Å². The standard InChI is InChI=1S/C13H14FN3O2/c14-5-11(19)16-7-13-4-10(18)17-9-3-1-2-8(12(9)13)15-6-13/h1-3,15H,4-7H2,(H,16,19)(H,17,18). The summed E-state index contributed by atoms with van der Waals surface area (Å²) in [6.45, 7) is -0.205. The molecule has 0 radical (unpaired) electrons. The predicted octanol–water partition coefficient (Wildman–Crippen LogP) is 0.778. The maximum atomic E-state index is 12.2. The Balaban J connectivity index is 1.97. The second-order valence-electron chi connectivity index (χ2n) is 5.00. The van der Waals surface area contributed by atoms with Gasteiger partial charge in [0.25, 0.3) is 5.91 Å². The molecule has 1 aromatic rings. The molecule has 0 aromatic heterocycles. The van der Waals surface area contributed by atoms with Gasteiger partial charge >= 0.3 is 0 Å². The molecule has 0 bridgehead atoms. The lowest BCUT2D eigenvalue weighted by Gasteiger charge is -2.34. The normalized spacial score (nSPS) is 23.3. The Morgan fingerprint density at radius 1 is 1.42 bits per heavy atom. The van der Waals surface area contributed by atoms with E-state index in [4.69, 9.17) is 0 Å². The Hall–Kier alpha value is -2.11. The first-order valence-corrected chi connectivity index (χ1v) is 6.14. The molecule has 2 aliphatic heterocycles. The molecule has 5 nitrogen and oxygen atoms in total. The van der Waals surface area contributed by atoms with E-state index in [1.165, 1.54) is 0 Å². The van der Waals surface area contributed by atoms with Gasteiger partial charge in [-0.2, -0.15) is 0 Å². The van der Waals surface area contributed by atoms with Crippen LogP contribution in [0.4, 0.5) is 15.8 Å². The first-order chi connectivity index (χ1) is 9.14. The van der Waals surface area contributed by atoms with Crippen molar-refractivity contribution in [3.05, 3.63) is 23.8 Å². The van der Waals surface area contributed by atoms with E-state index in [1.54, 1.807) is 0 Å². The number of amides is 2. The molecule has 0 spiro atoms. The highest BCUT2D eigenvalue weighted by Gasteiger charge is 2.45. The summed E-state index contributed by atoms with van der Waals surface area (Å²) in [6.07, 6.45) is 0.288. The molecule has 2 aliphatic rings. The van der Waals surface area contributed by atoms with Gasteiger partial charge in [0.1, 0.15) is 0 Å². The maximum Gasteiger partial charge on any atom is 0.251 e. The van der Waals surface area contributed by atoms with Gasteiger partial charge in [0, 0.05) is 41.9 Å². The van der Waals surface area contributed by atoms with Crippen molar-refractivity contribution >= 4 is 23.2 Å². The monoisotopic (exact) mass is 263 g/mol. The molecule has 0 saturated carbocycles. The van der Waals surface area contributed by atoms with Crippen LogP contribution in [0.5, 0.6) is 0 Å². The smallest absolute Gasteiger partial charge is 0.251 e. The molecule has 0 saturated heterocycles. The third-order valence-electron chi connectivity index (χ3n) is 3.73. The van der Waals surface area contributed by atoms with Crippen molar-refractivity contribution in [3.63, 3.8) is 0 Å². The summed E-state index contributed by atoms with van der Waals surface area (Å²) >= 11 is 0. The number of hydrogen-bond acceptors (Lipinski definition) is 3. The zero-order chi connectivity index (χ0) is 13.5. The molecule has 6 heteroatoms. The van der Waals surface area contributed by atoms with E-state index in [-0.39, 0.29) is 18.9 Å². The van der Waals surface area contributed by atoms with Gasteiger partial charge in [-0.1, -0.05) is 6.07 Å². The van der Waals surface area contributed by atoms with Crippen LogP contribution in [0.1, 0.15) is 12.0 Å². The fourth-order valence-electron chi connectivity index (χ4n) is 2.91. The van der Waals surface area contributed by atoms with Gasteiger partial charge in [0.05, 0.1) is 0 Å². The molecule has 2 amide bonds. The number of alkyl halides is 1. The Bertz CT molecular complexity index is 561. The molecule has 2 heterocycles. The van der Waals surface area contributed by atoms with Crippen molar-refractivity contribution in [2.75, 3.05) is 30.4 Å². The molecule has 0 fully saturated rings. The SMILES string of the molecule is O=C(CF)NCC12CNc3cccc(c31)NC(=O)C2. The Morgan fingerprint density at radius 2 is 2.21 bits per heavy atom. The Kier molecular flexibility index (Phi) is 2.66. The van der Waals surface area contributed by atoms with Crippen molar-refractivity contribution in [1.29, 1.82) is 0 Å². The van der Waals surface area contributed by atoms with E-state index in [9.17, 15) is 14.0 Å². The summed E-state index contributed by atoms with van der Waals surface area (Å²) in [7, 11) is 0. The van der Waals surface area contributed by atoms with Crippen LogP contribution in [0.15, 0.2) is 18.2 Å². The zero-order valence-corrected chi connectivity index (χ0v) is 10.3. The molecule has 100 valence electrons. The highest BCUT2D eigenvalue weighted by Crippen LogP contribution is 2.46. The van der Waals surface area contributed by atoms with Crippen molar-refractivity contribution in [3.8, 4) is 0 Å². The van der Waals surface area contributed by atoms with E-state index in [2.05, 4.69) is 16.0 Å². The molecule has 1 aromatic carbocycles. The minimum Gasteiger partial charge on any atom is -0.384 e. The first-order valence-electron chi connectivity index (χ1n) is 6.14. The molecule has 0 aliphatic carbocycles. The summed E-state index contributed by atoms with van der Waals surface area (Å²) in [5, 5.41) is 8.63. The van der Waals surface area contributed by atoms with Crippen LogP contribution in [-0.4, -0.2) is 31.6 Å². The van der Waals surface area contributed by atoms with Gasteiger partial charge in [-0.25, -0.2) is 4.39 Å². The van der Waals surface area contributed by atoms with Crippen molar-refractivity contribution in [2.24, 2.45) is 0 Å². The highest BCUT2D eigenvalue weighted by atomic mass is 19.1. The third kappa shape index (κ3) is 1.83. The second kappa shape index (κ2) is 4.22. The van der Waals surface area contributed by atoms with E-state index < -0.39 is 18.0 Å². The fraction of sp³-hybridized carbons (Fsp3) is 0.385. The number of benzene rings is 1. The first kappa shape index (κ1) is 12.0. The van der Waals surface area contributed by atoms with Crippen LogP contribution in [-0.2, 0) is 15.0 Å². The number of nitrogens with one attached hydrogen (secondary N) is 3. The largest absolute Gasteiger partial charge is 0.384 e. The number of carbonyl (C=O) groups is 2. The van der Waals surface area contributed by atoms with Gasteiger partial charge in [-0.05, 0) is 12.1 Å². The zero-order valence-electron chi connectivity index (χ0n) is 10.3. The van der Waals surface area contributed by atoms with Gasteiger partial charge in [-0.15, -0.1) is 0 Å². The third-order valence-corrected chi connectivity index (χ3v) is 3.73. The lowest BCUT2D eigenvalue weighted by Crippen LogP contribution is -2.47. The van der Waals surface area contributed by atoms with Gasteiger partial charge < -0.3 is 16.0 Å². The summed E-state index contributed by atoms with van der Waals surface area (Å²) in [6, 6.07) is 5.65. The molecular formula is C13H14FN3O2.